The number of hydrogen-bond acceptors (Lipinski definition) is 2. The Kier molecular flexibility index (Phi) is 5.22. The third-order valence-corrected chi connectivity index (χ3v) is 4.62. The Morgan fingerprint density at radius 3 is 2.62 bits per heavy atom. The van der Waals surface area contributed by atoms with Gasteiger partial charge in [0.05, 0.1) is 0 Å². The normalized spacial score (nSPS) is 24.4. The van der Waals surface area contributed by atoms with E-state index in [-0.39, 0.29) is 12.4 Å². The Hall–Kier alpha value is -0.720. The number of carbonyl (C=O) groups excluding carboxylic acids is 1. The lowest BCUT2D eigenvalue weighted by atomic mass is 9.93. The van der Waals surface area contributed by atoms with Crippen molar-refractivity contribution in [2.45, 2.75) is 18.9 Å². The summed E-state index contributed by atoms with van der Waals surface area (Å²) < 4.78 is 28.0. The van der Waals surface area contributed by atoms with E-state index in [1.807, 2.05) is 0 Å². The zero-order valence-corrected chi connectivity index (χ0v) is 13.6. The van der Waals surface area contributed by atoms with Gasteiger partial charge in [0.25, 0.3) is 5.91 Å². The molecule has 21 heavy (non-hydrogen) atoms. The van der Waals surface area contributed by atoms with Gasteiger partial charge in [0.1, 0.15) is 17.2 Å². The Labute approximate surface area is 136 Å². The molecule has 2 aliphatic rings. The van der Waals surface area contributed by atoms with E-state index in [1.54, 1.807) is 4.90 Å². The second-order valence-electron chi connectivity index (χ2n) is 5.39. The van der Waals surface area contributed by atoms with Crippen LogP contribution in [-0.2, 0) is 0 Å². The van der Waals surface area contributed by atoms with E-state index in [1.165, 1.54) is 0 Å². The van der Waals surface area contributed by atoms with E-state index < -0.39 is 23.1 Å². The highest BCUT2D eigenvalue weighted by molar-refractivity contribution is 9.10. The number of benzene rings is 1. The molecule has 2 fully saturated rings. The van der Waals surface area contributed by atoms with Crippen LogP contribution >= 0.6 is 28.3 Å². The van der Waals surface area contributed by atoms with Crippen LogP contribution in [-0.4, -0.2) is 36.5 Å². The summed E-state index contributed by atoms with van der Waals surface area (Å²) in [6.07, 6.45) is 1.86. The molecule has 1 amide bonds. The van der Waals surface area contributed by atoms with Crippen molar-refractivity contribution in [3.63, 3.8) is 0 Å². The van der Waals surface area contributed by atoms with Crippen LogP contribution in [0.4, 0.5) is 8.78 Å². The molecule has 2 saturated heterocycles. The van der Waals surface area contributed by atoms with Crippen molar-refractivity contribution >= 4 is 34.2 Å². The molecule has 0 radical (unpaired) electrons. The van der Waals surface area contributed by atoms with Crippen LogP contribution in [0.25, 0.3) is 0 Å². The number of fused-ring (bicyclic) bond motifs is 1. The fourth-order valence-electron chi connectivity index (χ4n) is 3.14. The number of carbonyl (C=O) groups is 1. The van der Waals surface area contributed by atoms with Crippen molar-refractivity contribution < 1.29 is 13.6 Å². The largest absolute Gasteiger partial charge is 0.338 e. The summed E-state index contributed by atoms with van der Waals surface area (Å²) in [5.74, 6) is -1.77. The quantitative estimate of drug-likeness (QED) is 0.811. The molecule has 7 heteroatoms. The summed E-state index contributed by atoms with van der Waals surface area (Å²) in [6, 6.07) is 2.69. The standard InChI is InChI=1S/C14H15BrF2N2O.ClH/c15-9-5-10(16)13(11(17)6-9)14(20)19-4-2-12-8(7-19)1-3-18-12;/h5-6,8,12,18H,1-4,7H2;1H. The number of nitrogens with zero attached hydrogens (tertiary/aromatic N) is 1. The first-order valence-electron chi connectivity index (χ1n) is 6.73. The molecule has 2 heterocycles. The van der Waals surface area contributed by atoms with E-state index in [0.717, 1.165) is 31.5 Å². The van der Waals surface area contributed by atoms with Gasteiger partial charge < -0.3 is 10.2 Å². The Morgan fingerprint density at radius 2 is 1.95 bits per heavy atom. The maximum absolute atomic E-state index is 13.9. The predicted molar refractivity (Wildman–Crippen MR) is 81.7 cm³/mol. The summed E-state index contributed by atoms with van der Waals surface area (Å²) in [5.41, 5.74) is -0.447. The lowest BCUT2D eigenvalue weighted by Crippen LogP contribution is -2.47. The molecule has 0 aromatic heterocycles. The van der Waals surface area contributed by atoms with Crippen LogP contribution in [0.1, 0.15) is 23.2 Å². The molecule has 0 aliphatic carbocycles. The van der Waals surface area contributed by atoms with E-state index in [0.29, 0.717) is 29.5 Å². The van der Waals surface area contributed by atoms with Gasteiger partial charge in [-0.05, 0) is 37.4 Å². The van der Waals surface area contributed by atoms with Crippen LogP contribution < -0.4 is 5.32 Å². The van der Waals surface area contributed by atoms with Crippen LogP contribution in [0.3, 0.4) is 0 Å². The number of nitrogens with one attached hydrogen (secondary N) is 1. The molecule has 0 bridgehead atoms. The zero-order chi connectivity index (χ0) is 14.3. The number of rotatable bonds is 1. The van der Waals surface area contributed by atoms with Gasteiger partial charge in [0, 0.05) is 23.6 Å². The Morgan fingerprint density at radius 1 is 1.29 bits per heavy atom. The van der Waals surface area contributed by atoms with Gasteiger partial charge >= 0.3 is 0 Å². The average molecular weight is 382 g/mol. The highest BCUT2D eigenvalue weighted by Crippen LogP contribution is 2.27. The molecule has 3 rings (SSSR count). The monoisotopic (exact) mass is 380 g/mol. The predicted octanol–water partition coefficient (Wildman–Crippen LogP) is 2.97. The van der Waals surface area contributed by atoms with Crippen LogP contribution in [0.15, 0.2) is 16.6 Å². The van der Waals surface area contributed by atoms with Crippen LogP contribution in [0, 0.1) is 17.6 Å². The highest BCUT2D eigenvalue weighted by Gasteiger charge is 2.35. The maximum atomic E-state index is 13.9. The fraction of sp³-hybridized carbons (Fsp3) is 0.500. The second kappa shape index (κ2) is 6.58. The number of hydrogen-bond donors (Lipinski definition) is 1. The smallest absolute Gasteiger partial charge is 0.259 e. The van der Waals surface area contributed by atoms with E-state index in [2.05, 4.69) is 21.2 Å². The van der Waals surface area contributed by atoms with E-state index >= 15 is 0 Å². The van der Waals surface area contributed by atoms with Crippen molar-refractivity contribution in [1.29, 1.82) is 0 Å². The molecule has 0 spiro atoms. The summed E-state index contributed by atoms with van der Waals surface area (Å²) in [5, 5.41) is 3.40. The average Bonchev–Trinajstić information content (AvgIpc) is 2.84. The zero-order valence-electron chi connectivity index (χ0n) is 11.2. The molecule has 3 nitrogen and oxygen atoms in total. The molecular formula is C14H16BrClF2N2O. The molecule has 2 atom stereocenters. The molecule has 0 saturated carbocycles. The van der Waals surface area contributed by atoms with Gasteiger partial charge in [-0.2, -0.15) is 0 Å². The lowest BCUT2D eigenvalue weighted by molar-refractivity contribution is 0.0652. The Balaban J connectivity index is 0.00000161. The molecule has 2 unspecified atom stereocenters. The van der Waals surface area contributed by atoms with Crippen molar-refractivity contribution in [1.82, 2.24) is 10.2 Å². The van der Waals surface area contributed by atoms with Gasteiger partial charge in [-0.15, -0.1) is 12.4 Å². The van der Waals surface area contributed by atoms with Crippen LogP contribution in [0.2, 0.25) is 0 Å². The molecule has 1 aromatic rings. The van der Waals surface area contributed by atoms with Crippen LogP contribution in [0.5, 0.6) is 0 Å². The topological polar surface area (TPSA) is 32.3 Å². The third-order valence-electron chi connectivity index (χ3n) is 4.16. The van der Waals surface area contributed by atoms with Crippen molar-refractivity contribution in [2.24, 2.45) is 5.92 Å². The summed E-state index contributed by atoms with van der Waals surface area (Å²) >= 11 is 3.02. The summed E-state index contributed by atoms with van der Waals surface area (Å²) in [6.45, 7) is 2.08. The SMILES string of the molecule is Cl.O=C(c1c(F)cc(Br)cc1F)N1CCC2NCCC2C1. The molecule has 1 aromatic carbocycles. The minimum atomic E-state index is -0.812. The van der Waals surface area contributed by atoms with Gasteiger partial charge in [0.2, 0.25) is 0 Å². The number of amides is 1. The first-order valence-corrected chi connectivity index (χ1v) is 7.53. The first-order chi connectivity index (χ1) is 9.56. The van der Waals surface area contributed by atoms with Gasteiger partial charge in [-0.3, -0.25) is 4.79 Å². The molecule has 116 valence electrons. The fourth-order valence-corrected chi connectivity index (χ4v) is 3.54. The van der Waals surface area contributed by atoms with Crippen molar-refractivity contribution in [2.75, 3.05) is 19.6 Å². The minimum absolute atomic E-state index is 0. The number of likely N-dealkylation sites (tertiary alicyclic amines) is 1. The molecular weight excluding hydrogens is 366 g/mol. The third kappa shape index (κ3) is 3.22. The van der Waals surface area contributed by atoms with E-state index in [4.69, 9.17) is 0 Å². The van der Waals surface area contributed by atoms with Gasteiger partial charge in [0.15, 0.2) is 0 Å². The van der Waals surface area contributed by atoms with E-state index in [9.17, 15) is 13.6 Å². The number of piperidine rings is 1. The second-order valence-corrected chi connectivity index (χ2v) is 6.31. The number of halogens is 4. The Bertz CT molecular complexity index is 535. The maximum Gasteiger partial charge on any atom is 0.259 e. The summed E-state index contributed by atoms with van der Waals surface area (Å²) in [7, 11) is 0. The lowest BCUT2D eigenvalue weighted by Gasteiger charge is -2.35. The van der Waals surface area contributed by atoms with Gasteiger partial charge in [-0.25, -0.2) is 8.78 Å². The molecule has 1 N–H and O–H groups in total. The van der Waals surface area contributed by atoms with Crippen molar-refractivity contribution in [3.8, 4) is 0 Å². The molecule has 2 aliphatic heterocycles. The van der Waals surface area contributed by atoms with Crippen molar-refractivity contribution in [3.05, 3.63) is 33.8 Å². The summed E-state index contributed by atoms with van der Waals surface area (Å²) in [4.78, 5) is 13.9. The van der Waals surface area contributed by atoms with Gasteiger partial charge in [-0.1, -0.05) is 15.9 Å². The highest BCUT2D eigenvalue weighted by atomic mass is 79.9. The first kappa shape index (κ1) is 16.6. The minimum Gasteiger partial charge on any atom is -0.338 e.